The average molecular weight is 365 g/mol. The van der Waals surface area contributed by atoms with Gasteiger partial charge in [0.25, 0.3) is 5.56 Å². The molecule has 3 unspecified atom stereocenters. The van der Waals surface area contributed by atoms with Crippen molar-refractivity contribution in [2.75, 3.05) is 5.43 Å². The number of benzene rings is 1. The molecule has 3 aliphatic rings. The highest BCUT2D eigenvalue weighted by atomic mass is 16.2. The Hall–Kier alpha value is -2.17. The van der Waals surface area contributed by atoms with Gasteiger partial charge in [-0.15, -0.1) is 4.79 Å². The maximum absolute atomic E-state index is 12.9. The lowest BCUT2D eigenvalue weighted by Gasteiger charge is -2.21. The molecular weight excluding hydrogens is 338 g/mol. The van der Waals surface area contributed by atoms with Crippen molar-refractivity contribution in [3.63, 3.8) is 0 Å². The predicted molar refractivity (Wildman–Crippen MR) is 105 cm³/mol. The van der Waals surface area contributed by atoms with E-state index in [4.69, 9.17) is 0 Å². The van der Waals surface area contributed by atoms with Crippen molar-refractivity contribution in [2.45, 2.75) is 63.7 Å². The lowest BCUT2D eigenvalue weighted by atomic mass is 9.86. The van der Waals surface area contributed by atoms with E-state index >= 15 is 0 Å². The summed E-state index contributed by atoms with van der Waals surface area (Å²) >= 11 is 0. The van der Waals surface area contributed by atoms with Gasteiger partial charge in [-0.2, -0.15) is 5.10 Å². The van der Waals surface area contributed by atoms with E-state index in [1.165, 1.54) is 43.3 Å². The van der Waals surface area contributed by atoms with Crippen LogP contribution in [0.3, 0.4) is 0 Å². The number of aromatic nitrogens is 2. The molecule has 5 rings (SSSR count). The van der Waals surface area contributed by atoms with E-state index < -0.39 is 0 Å². The first-order valence-corrected chi connectivity index (χ1v) is 10.5. The van der Waals surface area contributed by atoms with Crippen LogP contribution in [-0.4, -0.2) is 15.8 Å². The van der Waals surface area contributed by atoms with Crippen LogP contribution in [0.1, 0.15) is 69.4 Å². The van der Waals surface area contributed by atoms with Crippen molar-refractivity contribution in [3.8, 4) is 0 Å². The van der Waals surface area contributed by atoms with Crippen molar-refractivity contribution in [1.82, 2.24) is 9.89 Å². The maximum Gasteiger partial charge on any atom is 0.294 e. The molecule has 5 nitrogen and oxygen atoms in total. The third kappa shape index (κ3) is 3.07. The Kier molecular flexibility index (Phi) is 4.25. The minimum Gasteiger partial charge on any atom is -0.273 e. The van der Waals surface area contributed by atoms with Crippen LogP contribution in [0.15, 0.2) is 29.1 Å². The maximum atomic E-state index is 12.9. The van der Waals surface area contributed by atoms with Crippen LogP contribution in [0, 0.1) is 17.8 Å². The summed E-state index contributed by atoms with van der Waals surface area (Å²) in [7, 11) is 0. The van der Waals surface area contributed by atoms with Gasteiger partial charge in [0, 0.05) is 17.7 Å². The van der Waals surface area contributed by atoms with E-state index in [2.05, 4.69) is 10.5 Å². The van der Waals surface area contributed by atoms with Crippen LogP contribution in [0.4, 0.5) is 0 Å². The van der Waals surface area contributed by atoms with Gasteiger partial charge in [-0.1, -0.05) is 37.5 Å². The molecule has 1 aromatic heterocycles. The Bertz CT molecular complexity index is 929. The highest BCUT2D eigenvalue weighted by Gasteiger charge is 2.40. The van der Waals surface area contributed by atoms with Crippen LogP contribution in [0.2, 0.25) is 0 Å². The van der Waals surface area contributed by atoms with Crippen molar-refractivity contribution in [2.24, 2.45) is 17.8 Å². The molecule has 0 radical (unpaired) electrons. The molecule has 0 saturated heterocycles. The average Bonchev–Trinajstić information content (AvgIpc) is 3.42. The van der Waals surface area contributed by atoms with Crippen LogP contribution in [0.5, 0.6) is 0 Å². The van der Waals surface area contributed by atoms with Gasteiger partial charge in [0.2, 0.25) is 5.91 Å². The summed E-state index contributed by atoms with van der Waals surface area (Å²) in [5, 5.41) is 6.20. The Morgan fingerprint density at radius 1 is 1.07 bits per heavy atom. The highest BCUT2D eigenvalue weighted by Crippen LogP contribution is 2.49. The van der Waals surface area contributed by atoms with E-state index in [-0.39, 0.29) is 11.5 Å². The minimum absolute atomic E-state index is 0.0743. The molecular formula is C22H27N3O2. The molecule has 1 aromatic carbocycles. The third-order valence-electron chi connectivity index (χ3n) is 7.14. The summed E-state index contributed by atoms with van der Waals surface area (Å²) in [6, 6.07) is 7.67. The highest BCUT2D eigenvalue weighted by molar-refractivity contribution is 5.86. The lowest BCUT2D eigenvalue weighted by Crippen LogP contribution is -2.37. The number of hydrogen-bond donors (Lipinski definition) is 1. The smallest absolute Gasteiger partial charge is 0.273 e. The Morgan fingerprint density at radius 2 is 1.85 bits per heavy atom. The molecule has 3 saturated carbocycles. The number of amides is 1. The number of carbonyl (C=O) groups is 1. The molecule has 1 amide bonds. The van der Waals surface area contributed by atoms with E-state index in [0.29, 0.717) is 29.6 Å². The second-order valence-electron chi connectivity index (χ2n) is 8.80. The Balaban J connectivity index is 1.43. The zero-order valence-electron chi connectivity index (χ0n) is 15.7. The first-order valence-electron chi connectivity index (χ1n) is 10.5. The van der Waals surface area contributed by atoms with Gasteiger partial charge in [0.1, 0.15) is 0 Å². The molecule has 3 fully saturated rings. The summed E-state index contributed by atoms with van der Waals surface area (Å²) in [5.74, 6) is 2.31. The largest absolute Gasteiger partial charge is 0.294 e. The summed E-state index contributed by atoms with van der Waals surface area (Å²) in [6.45, 7) is 0. The number of nitrogens with one attached hydrogen (secondary N) is 1. The quantitative estimate of drug-likeness (QED) is 0.892. The number of hydrogen-bond acceptors (Lipinski definition) is 3. The van der Waals surface area contributed by atoms with E-state index in [1.807, 2.05) is 24.3 Å². The molecule has 1 N–H and O–H groups in total. The second kappa shape index (κ2) is 6.77. The van der Waals surface area contributed by atoms with E-state index in [0.717, 1.165) is 29.8 Å². The summed E-state index contributed by atoms with van der Waals surface area (Å²) in [6.07, 6.45) is 10.2. The Labute approximate surface area is 159 Å². The SMILES string of the molecule is O=C(CC1CC2CCC1C2)Nn1nc(C2CCCC2)c2ccccc2c1=O. The molecule has 3 aliphatic carbocycles. The van der Waals surface area contributed by atoms with Gasteiger partial charge in [-0.25, -0.2) is 5.43 Å². The predicted octanol–water partition coefficient (Wildman–Crippen LogP) is 3.95. The van der Waals surface area contributed by atoms with Crippen molar-refractivity contribution >= 4 is 16.7 Å². The topological polar surface area (TPSA) is 64.0 Å². The first kappa shape index (κ1) is 17.0. The van der Waals surface area contributed by atoms with Gasteiger partial charge >= 0.3 is 0 Å². The van der Waals surface area contributed by atoms with Crippen molar-refractivity contribution in [1.29, 1.82) is 0 Å². The third-order valence-corrected chi connectivity index (χ3v) is 7.14. The lowest BCUT2D eigenvalue weighted by molar-refractivity contribution is -0.118. The van der Waals surface area contributed by atoms with Gasteiger partial charge in [-0.05, 0) is 55.9 Å². The van der Waals surface area contributed by atoms with Crippen LogP contribution >= 0.6 is 0 Å². The van der Waals surface area contributed by atoms with Gasteiger partial charge in [0.15, 0.2) is 0 Å². The van der Waals surface area contributed by atoms with E-state index in [1.54, 1.807) is 0 Å². The minimum atomic E-state index is -0.228. The van der Waals surface area contributed by atoms with Crippen LogP contribution in [0.25, 0.3) is 10.8 Å². The standard InChI is InChI=1S/C22H27N3O2/c26-20(13-17-12-14-9-10-16(17)11-14)23-25-22(27)19-8-4-3-7-18(19)21(24-25)15-5-1-2-6-15/h3-4,7-8,14-17H,1-2,5-6,9-13H2,(H,23,26). The molecule has 0 spiro atoms. The van der Waals surface area contributed by atoms with Gasteiger partial charge in [-0.3, -0.25) is 9.59 Å². The Morgan fingerprint density at radius 3 is 2.56 bits per heavy atom. The second-order valence-corrected chi connectivity index (χ2v) is 8.80. The number of rotatable bonds is 4. The summed E-state index contributed by atoms with van der Waals surface area (Å²) in [4.78, 5) is 26.8. The fourth-order valence-electron chi connectivity index (χ4n) is 5.82. The fraction of sp³-hybridized carbons (Fsp3) is 0.591. The number of nitrogens with zero attached hydrogens (tertiary/aromatic N) is 2. The monoisotopic (exact) mass is 365 g/mol. The molecule has 1 heterocycles. The zero-order chi connectivity index (χ0) is 18.4. The van der Waals surface area contributed by atoms with Crippen molar-refractivity contribution < 1.29 is 4.79 Å². The van der Waals surface area contributed by atoms with Gasteiger partial charge in [0.05, 0.1) is 11.1 Å². The first-order chi connectivity index (χ1) is 13.2. The molecule has 27 heavy (non-hydrogen) atoms. The van der Waals surface area contributed by atoms with Crippen LogP contribution in [-0.2, 0) is 4.79 Å². The summed E-state index contributed by atoms with van der Waals surface area (Å²) < 4.78 is 0. The molecule has 2 aromatic rings. The fourth-order valence-corrected chi connectivity index (χ4v) is 5.82. The number of fused-ring (bicyclic) bond motifs is 3. The molecule has 2 bridgehead atoms. The molecule has 5 heteroatoms. The van der Waals surface area contributed by atoms with Crippen molar-refractivity contribution in [3.05, 3.63) is 40.3 Å². The summed E-state index contributed by atoms with van der Waals surface area (Å²) in [5.41, 5.74) is 3.54. The zero-order valence-corrected chi connectivity index (χ0v) is 15.7. The molecule has 3 atom stereocenters. The molecule has 142 valence electrons. The number of carbonyl (C=O) groups excluding carboxylic acids is 1. The van der Waals surface area contributed by atoms with Crippen LogP contribution < -0.4 is 11.0 Å². The molecule has 0 aliphatic heterocycles. The van der Waals surface area contributed by atoms with Gasteiger partial charge < -0.3 is 0 Å². The van der Waals surface area contributed by atoms with E-state index in [9.17, 15) is 9.59 Å². The normalized spacial score (nSPS) is 27.5.